The number of aryl methyl sites for hydroxylation is 1. The van der Waals surface area contributed by atoms with Crippen LogP contribution in [0.4, 0.5) is 0 Å². The average Bonchev–Trinajstić information content (AvgIpc) is 2.80. The van der Waals surface area contributed by atoms with Crippen molar-refractivity contribution in [2.75, 3.05) is 0 Å². The summed E-state index contributed by atoms with van der Waals surface area (Å²) < 4.78 is 2.58. The maximum Gasteiger partial charge on any atom is 0.255 e. The maximum absolute atomic E-state index is 12.7. The minimum Gasteiger partial charge on any atom is -0.332 e. The van der Waals surface area contributed by atoms with E-state index >= 15 is 0 Å². The number of carbonyl (C=O) groups excluding carboxylic acids is 1. The van der Waals surface area contributed by atoms with E-state index in [9.17, 15) is 4.79 Å². The molecule has 0 bridgehead atoms. The van der Waals surface area contributed by atoms with Crippen LogP contribution in [0.2, 0.25) is 5.02 Å². The minimum atomic E-state index is -0.0775. The van der Waals surface area contributed by atoms with E-state index in [0.717, 1.165) is 10.0 Å². The quantitative estimate of drug-likeness (QED) is 0.819. The Labute approximate surface area is 137 Å². The van der Waals surface area contributed by atoms with E-state index in [2.05, 4.69) is 21.0 Å². The highest BCUT2D eigenvalue weighted by Crippen LogP contribution is 2.24. The number of halogens is 2. The van der Waals surface area contributed by atoms with Gasteiger partial charge in [0.2, 0.25) is 0 Å². The van der Waals surface area contributed by atoms with E-state index < -0.39 is 0 Å². The highest BCUT2D eigenvalue weighted by molar-refractivity contribution is 9.10. The van der Waals surface area contributed by atoms with Gasteiger partial charge in [-0.1, -0.05) is 27.5 Å². The SMILES string of the molecule is CC(C)N(Cc1cnn(C)c1)C(=O)c1ccc(Br)cc1Cl. The molecule has 0 aliphatic heterocycles. The fraction of sp³-hybridized carbons (Fsp3) is 0.333. The van der Waals surface area contributed by atoms with Crippen LogP contribution in [0.15, 0.2) is 35.1 Å². The molecule has 0 aliphatic carbocycles. The molecule has 4 nitrogen and oxygen atoms in total. The summed E-state index contributed by atoms with van der Waals surface area (Å²) in [5.41, 5.74) is 1.50. The minimum absolute atomic E-state index is 0.0671. The molecule has 1 amide bonds. The first-order valence-electron chi connectivity index (χ1n) is 6.62. The summed E-state index contributed by atoms with van der Waals surface area (Å²) in [6.45, 7) is 4.48. The van der Waals surface area contributed by atoms with Gasteiger partial charge in [0.15, 0.2) is 0 Å². The summed E-state index contributed by atoms with van der Waals surface area (Å²) in [6.07, 6.45) is 3.68. The molecule has 0 saturated heterocycles. The summed E-state index contributed by atoms with van der Waals surface area (Å²) in [5.74, 6) is -0.0775. The maximum atomic E-state index is 12.7. The zero-order valence-corrected chi connectivity index (χ0v) is 14.5. The summed E-state index contributed by atoms with van der Waals surface area (Å²) in [6, 6.07) is 5.37. The molecule has 1 aromatic carbocycles. The predicted molar refractivity (Wildman–Crippen MR) is 87.4 cm³/mol. The van der Waals surface area contributed by atoms with Gasteiger partial charge >= 0.3 is 0 Å². The number of hydrogen-bond donors (Lipinski definition) is 0. The second-order valence-corrected chi connectivity index (χ2v) is 6.50. The monoisotopic (exact) mass is 369 g/mol. The van der Waals surface area contributed by atoms with Crippen molar-refractivity contribution in [3.63, 3.8) is 0 Å². The molecule has 2 rings (SSSR count). The van der Waals surface area contributed by atoms with Gasteiger partial charge in [0.25, 0.3) is 5.91 Å². The van der Waals surface area contributed by atoms with Crippen molar-refractivity contribution in [1.29, 1.82) is 0 Å². The van der Waals surface area contributed by atoms with Gasteiger partial charge in [-0.15, -0.1) is 0 Å². The molecule has 1 heterocycles. The molecule has 0 spiro atoms. The van der Waals surface area contributed by atoms with Gasteiger partial charge in [-0.05, 0) is 32.0 Å². The molecule has 21 heavy (non-hydrogen) atoms. The number of hydrogen-bond acceptors (Lipinski definition) is 2. The number of rotatable bonds is 4. The first kappa shape index (κ1) is 16.0. The molecule has 0 radical (unpaired) electrons. The van der Waals surface area contributed by atoms with Crippen molar-refractivity contribution in [2.24, 2.45) is 7.05 Å². The topological polar surface area (TPSA) is 38.1 Å². The zero-order valence-electron chi connectivity index (χ0n) is 12.2. The Morgan fingerprint density at radius 2 is 2.19 bits per heavy atom. The molecule has 112 valence electrons. The zero-order chi connectivity index (χ0) is 15.6. The van der Waals surface area contributed by atoms with Crippen LogP contribution >= 0.6 is 27.5 Å². The van der Waals surface area contributed by atoms with Crippen LogP contribution in [-0.2, 0) is 13.6 Å². The van der Waals surface area contributed by atoms with Crippen molar-refractivity contribution >= 4 is 33.4 Å². The lowest BCUT2D eigenvalue weighted by molar-refractivity contribution is 0.0690. The first-order chi connectivity index (χ1) is 9.88. The van der Waals surface area contributed by atoms with Gasteiger partial charge in [-0.3, -0.25) is 9.48 Å². The fourth-order valence-corrected chi connectivity index (χ4v) is 2.81. The van der Waals surface area contributed by atoms with Crippen molar-refractivity contribution in [3.8, 4) is 0 Å². The van der Waals surface area contributed by atoms with Crippen LogP contribution in [-0.4, -0.2) is 26.6 Å². The second kappa shape index (κ2) is 6.62. The molecule has 0 N–H and O–H groups in total. The summed E-state index contributed by atoms with van der Waals surface area (Å²) >= 11 is 9.53. The predicted octanol–water partition coefficient (Wildman–Crippen LogP) is 3.89. The Morgan fingerprint density at radius 1 is 1.48 bits per heavy atom. The summed E-state index contributed by atoms with van der Waals surface area (Å²) in [5, 5.41) is 4.59. The Balaban J connectivity index is 2.27. The van der Waals surface area contributed by atoms with Crippen LogP contribution < -0.4 is 0 Å². The molecule has 6 heteroatoms. The second-order valence-electron chi connectivity index (χ2n) is 5.17. The van der Waals surface area contributed by atoms with E-state index in [4.69, 9.17) is 11.6 Å². The highest BCUT2D eigenvalue weighted by Gasteiger charge is 2.21. The smallest absolute Gasteiger partial charge is 0.255 e. The number of benzene rings is 1. The standard InChI is InChI=1S/C15H17BrClN3O/c1-10(2)20(9-11-7-18-19(3)8-11)15(21)13-5-4-12(16)6-14(13)17/h4-8,10H,9H2,1-3H3. The first-order valence-corrected chi connectivity index (χ1v) is 7.79. The van der Waals surface area contributed by atoms with E-state index in [0.29, 0.717) is 17.1 Å². The molecular weight excluding hydrogens is 354 g/mol. The highest BCUT2D eigenvalue weighted by atomic mass is 79.9. The molecular formula is C15H17BrClN3O. The largest absolute Gasteiger partial charge is 0.332 e. The van der Waals surface area contributed by atoms with Crippen molar-refractivity contribution < 1.29 is 4.79 Å². The van der Waals surface area contributed by atoms with E-state index in [1.807, 2.05) is 33.2 Å². The molecule has 2 aromatic rings. The number of aromatic nitrogens is 2. The van der Waals surface area contributed by atoms with Crippen molar-refractivity contribution in [3.05, 3.63) is 51.2 Å². The van der Waals surface area contributed by atoms with Gasteiger partial charge < -0.3 is 4.90 Å². The Bertz CT molecular complexity index is 654. The Hall–Kier alpha value is -1.33. The number of carbonyl (C=O) groups is 1. The van der Waals surface area contributed by atoms with Gasteiger partial charge in [-0.25, -0.2) is 0 Å². The van der Waals surface area contributed by atoms with Gasteiger partial charge in [0, 0.05) is 35.9 Å². The lowest BCUT2D eigenvalue weighted by Crippen LogP contribution is -2.36. The molecule has 1 aromatic heterocycles. The summed E-state index contributed by atoms with van der Waals surface area (Å²) in [7, 11) is 1.86. The van der Waals surface area contributed by atoms with E-state index in [-0.39, 0.29) is 11.9 Å². The van der Waals surface area contributed by atoms with E-state index in [1.165, 1.54) is 0 Å². The molecule has 0 unspecified atom stereocenters. The third kappa shape index (κ3) is 3.86. The molecule has 0 aliphatic rings. The van der Waals surface area contributed by atoms with Crippen LogP contribution in [0.25, 0.3) is 0 Å². The van der Waals surface area contributed by atoms with Gasteiger partial charge in [-0.2, -0.15) is 5.10 Å². The number of amides is 1. The van der Waals surface area contributed by atoms with Crippen LogP contribution in [0.1, 0.15) is 29.8 Å². The Kier molecular flexibility index (Phi) is 5.06. The molecule has 0 atom stereocenters. The van der Waals surface area contributed by atoms with Gasteiger partial charge in [0.1, 0.15) is 0 Å². The lowest BCUT2D eigenvalue weighted by Gasteiger charge is -2.26. The van der Waals surface area contributed by atoms with Crippen molar-refractivity contribution in [1.82, 2.24) is 14.7 Å². The molecule has 0 fully saturated rings. The summed E-state index contributed by atoms with van der Waals surface area (Å²) in [4.78, 5) is 14.5. The van der Waals surface area contributed by atoms with E-state index in [1.54, 1.807) is 27.9 Å². The fourth-order valence-electron chi connectivity index (χ4n) is 2.06. The number of nitrogens with zero attached hydrogens (tertiary/aromatic N) is 3. The lowest BCUT2D eigenvalue weighted by atomic mass is 10.1. The normalized spacial score (nSPS) is 11.0. The third-order valence-electron chi connectivity index (χ3n) is 3.16. The molecule has 0 saturated carbocycles. The average molecular weight is 371 g/mol. The van der Waals surface area contributed by atoms with Gasteiger partial charge in [0.05, 0.1) is 16.8 Å². The third-order valence-corrected chi connectivity index (χ3v) is 3.96. The van der Waals surface area contributed by atoms with Crippen LogP contribution in [0.3, 0.4) is 0 Å². The Morgan fingerprint density at radius 3 is 2.71 bits per heavy atom. The van der Waals surface area contributed by atoms with Crippen molar-refractivity contribution in [2.45, 2.75) is 26.4 Å². The van der Waals surface area contributed by atoms with Crippen LogP contribution in [0, 0.1) is 0 Å². The van der Waals surface area contributed by atoms with Crippen LogP contribution in [0.5, 0.6) is 0 Å².